The zero-order chi connectivity index (χ0) is 11.8. The van der Waals surface area contributed by atoms with Crippen molar-refractivity contribution in [3.8, 4) is 0 Å². The lowest BCUT2D eigenvalue weighted by atomic mass is 10.1. The predicted octanol–water partition coefficient (Wildman–Crippen LogP) is 2.57. The Hall–Kier alpha value is 0.350. The van der Waals surface area contributed by atoms with Crippen molar-refractivity contribution in [2.75, 3.05) is 19.8 Å². The quantitative estimate of drug-likeness (QED) is 0.450. The Balaban J connectivity index is 0. The molecule has 2 unspecified atom stereocenters. The number of nitrogens with zero attached hydrogens (tertiary/aromatic N) is 1. The summed E-state index contributed by atoms with van der Waals surface area (Å²) in [6, 6.07) is 0.445. The van der Waals surface area contributed by atoms with E-state index in [1.807, 2.05) is 18.8 Å². The largest absolute Gasteiger partial charge is 0.355 e. The van der Waals surface area contributed by atoms with Gasteiger partial charge in [-0.15, -0.1) is 24.0 Å². The number of rotatable bonds is 5. The lowest BCUT2D eigenvalue weighted by Crippen LogP contribution is -2.45. The van der Waals surface area contributed by atoms with Crippen LogP contribution in [0.4, 0.5) is 0 Å². The fourth-order valence-electron chi connectivity index (χ4n) is 0.901. The Morgan fingerprint density at radius 2 is 1.81 bits per heavy atom. The van der Waals surface area contributed by atoms with Gasteiger partial charge < -0.3 is 10.6 Å². The van der Waals surface area contributed by atoms with Crippen molar-refractivity contribution < 1.29 is 0 Å². The molecule has 5 heteroatoms. The molecule has 0 amide bonds. The van der Waals surface area contributed by atoms with Crippen LogP contribution in [-0.4, -0.2) is 37.1 Å². The van der Waals surface area contributed by atoms with Gasteiger partial charge in [-0.25, -0.2) is 0 Å². The Morgan fingerprint density at radius 1 is 1.25 bits per heavy atom. The molecule has 0 radical (unpaired) electrons. The van der Waals surface area contributed by atoms with Crippen molar-refractivity contribution in [3.05, 3.63) is 0 Å². The van der Waals surface area contributed by atoms with Gasteiger partial charge in [0.2, 0.25) is 0 Å². The van der Waals surface area contributed by atoms with Crippen LogP contribution < -0.4 is 10.6 Å². The van der Waals surface area contributed by atoms with Crippen molar-refractivity contribution in [3.63, 3.8) is 0 Å². The van der Waals surface area contributed by atoms with Gasteiger partial charge in [0.25, 0.3) is 0 Å². The van der Waals surface area contributed by atoms with E-state index >= 15 is 0 Å². The maximum atomic E-state index is 4.20. The molecular weight excluding hydrogens is 333 g/mol. The Kier molecular flexibility index (Phi) is 12.3. The molecule has 0 aromatic heterocycles. The molecule has 0 spiro atoms. The van der Waals surface area contributed by atoms with E-state index < -0.39 is 0 Å². The van der Waals surface area contributed by atoms with Crippen LogP contribution in [0, 0.1) is 5.92 Å². The van der Waals surface area contributed by atoms with Crippen LogP contribution in [0.2, 0.25) is 0 Å². The number of nitrogens with one attached hydrogen (secondary N) is 2. The zero-order valence-electron chi connectivity index (χ0n) is 11.2. The highest BCUT2D eigenvalue weighted by molar-refractivity contribution is 14.0. The topological polar surface area (TPSA) is 36.4 Å². The van der Waals surface area contributed by atoms with Crippen molar-refractivity contribution in [2.45, 2.75) is 39.0 Å². The van der Waals surface area contributed by atoms with E-state index in [-0.39, 0.29) is 24.0 Å². The molecule has 2 atom stereocenters. The van der Waals surface area contributed by atoms with Gasteiger partial charge in [0.15, 0.2) is 5.96 Å². The number of guanidine groups is 1. The van der Waals surface area contributed by atoms with Crippen LogP contribution in [0.3, 0.4) is 0 Å². The molecule has 0 saturated heterocycles. The van der Waals surface area contributed by atoms with Gasteiger partial charge in [0, 0.05) is 24.9 Å². The third-order valence-corrected chi connectivity index (χ3v) is 3.52. The van der Waals surface area contributed by atoms with Gasteiger partial charge in [-0.3, -0.25) is 4.99 Å². The van der Waals surface area contributed by atoms with E-state index in [1.54, 1.807) is 0 Å². The van der Waals surface area contributed by atoms with Crippen LogP contribution in [-0.2, 0) is 0 Å². The van der Waals surface area contributed by atoms with Crippen LogP contribution >= 0.6 is 35.7 Å². The second kappa shape index (κ2) is 10.5. The van der Waals surface area contributed by atoms with Gasteiger partial charge in [-0.2, -0.15) is 11.8 Å². The number of thioether (sulfide) groups is 1. The average Bonchev–Trinajstić information content (AvgIpc) is 2.22. The van der Waals surface area contributed by atoms with Gasteiger partial charge in [0.05, 0.1) is 0 Å². The van der Waals surface area contributed by atoms with Crippen LogP contribution in [0.5, 0.6) is 0 Å². The highest BCUT2D eigenvalue weighted by Gasteiger charge is 2.09. The summed E-state index contributed by atoms with van der Waals surface area (Å²) >= 11 is 1.86. The molecule has 0 aliphatic carbocycles. The SMILES string of the molecule is CN=C(NCC(C)SC)NC(C)C(C)C.I. The number of halogens is 1. The van der Waals surface area contributed by atoms with Crippen LogP contribution in [0.25, 0.3) is 0 Å². The Bertz CT molecular complexity index is 198. The molecule has 0 aromatic rings. The second-order valence-electron chi connectivity index (χ2n) is 4.18. The molecule has 2 N–H and O–H groups in total. The third kappa shape index (κ3) is 8.50. The standard InChI is InChI=1S/C11H25N3S.HI/c1-8(2)10(4)14-11(12-5)13-7-9(3)15-6;/h8-10H,7H2,1-6H3,(H2,12,13,14);1H. The third-order valence-electron chi connectivity index (χ3n) is 2.55. The van der Waals surface area contributed by atoms with Gasteiger partial charge in [-0.1, -0.05) is 20.8 Å². The zero-order valence-corrected chi connectivity index (χ0v) is 14.3. The van der Waals surface area contributed by atoms with Gasteiger partial charge in [-0.05, 0) is 19.1 Å². The molecule has 0 rings (SSSR count). The molecule has 0 aromatic carbocycles. The van der Waals surface area contributed by atoms with Gasteiger partial charge in [0.1, 0.15) is 0 Å². The molecule has 16 heavy (non-hydrogen) atoms. The van der Waals surface area contributed by atoms with E-state index in [2.05, 4.69) is 49.6 Å². The second-order valence-corrected chi connectivity index (χ2v) is 5.45. The van der Waals surface area contributed by atoms with Crippen molar-refractivity contribution in [1.82, 2.24) is 10.6 Å². The summed E-state index contributed by atoms with van der Waals surface area (Å²) in [5, 5.41) is 7.31. The Labute approximate surface area is 122 Å². The summed E-state index contributed by atoms with van der Waals surface area (Å²) in [7, 11) is 1.81. The van der Waals surface area contributed by atoms with Crippen molar-refractivity contribution in [1.29, 1.82) is 0 Å². The summed E-state index contributed by atoms with van der Waals surface area (Å²) in [4.78, 5) is 4.20. The van der Waals surface area contributed by atoms with E-state index in [0.29, 0.717) is 17.2 Å². The smallest absolute Gasteiger partial charge is 0.191 e. The highest BCUT2D eigenvalue weighted by atomic mass is 127. The average molecular weight is 359 g/mol. The van der Waals surface area contributed by atoms with E-state index in [0.717, 1.165) is 12.5 Å². The molecule has 98 valence electrons. The first-order chi connectivity index (χ1) is 7.01. The molecule has 0 fully saturated rings. The first-order valence-electron chi connectivity index (χ1n) is 5.51. The first kappa shape index (κ1) is 18.7. The van der Waals surface area contributed by atoms with E-state index in [4.69, 9.17) is 0 Å². The van der Waals surface area contributed by atoms with Gasteiger partial charge >= 0.3 is 0 Å². The number of hydrogen-bond donors (Lipinski definition) is 2. The molecule has 0 heterocycles. The predicted molar refractivity (Wildman–Crippen MR) is 87.2 cm³/mol. The van der Waals surface area contributed by atoms with E-state index in [9.17, 15) is 0 Å². The molecule has 0 aliphatic heterocycles. The highest BCUT2D eigenvalue weighted by Crippen LogP contribution is 2.03. The van der Waals surface area contributed by atoms with Crippen molar-refractivity contribution in [2.24, 2.45) is 10.9 Å². The lowest BCUT2D eigenvalue weighted by molar-refractivity contribution is 0.481. The Morgan fingerprint density at radius 3 is 2.19 bits per heavy atom. The molecule has 0 saturated carbocycles. The molecule has 0 aliphatic rings. The monoisotopic (exact) mass is 359 g/mol. The minimum Gasteiger partial charge on any atom is -0.355 e. The fraction of sp³-hybridized carbons (Fsp3) is 0.909. The summed E-state index contributed by atoms with van der Waals surface area (Å²) in [5.41, 5.74) is 0. The maximum absolute atomic E-state index is 4.20. The summed E-state index contributed by atoms with van der Waals surface area (Å²) in [5.74, 6) is 1.51. The maximum Gasteiger partial charge on any atom is 0.191 e. The molecule has 0 bridgehead atoms. The summed E-state index contributed by atoms with van der Waals surface area (Å²) in [6.45, 7) is 9.74. The lowest BCUT2D eigenvalue weighted by Gasteiger charge is -2.21. The first-order valence-corrected chi connectivity index (χ1v) is 6.80. The van der Waals surface area contributed by atoms with E-state index in [1.165, 1.54) is 0 Å². The van der Waals surface area contributed by atoms with Crippen LogP contribution in [0.1, 0.15) is 27.7 Å². The molecule has 3 nitrogen and oxygen atoms in total. The number of hydrogen-bond acceptors (Lipinski definition) is 2. The normalized spacial score (nSPS) is 15.3. The summed E-state index contributed by atoms with van der Waals surface area (Å²) in [6.07, 6.45) is 2.12. The minimum atomic E-state index is 0. The summed E-state index contributed by atoms with van der Waals surface area (Å²) < 4.78 is 0. The fourth-order valence-corrected chi connectivity index (χ4v) is 1.15. The molecular formula is C11H26IN3S. The number of aliphatic imine (C=N–C) groups is 1. The van der Waals surface area contributed by atoms with Crippen LogP contribution in [0.15, 0.2) is 4.99 Å². The van der Waals surface area contributed by atoms with Crippen molar-refractivity contribution >= 4 is 41.7 Å². The minimum absolute atomic E-state index is 0.